The fourth-order valence-corrected chi connectivity index (χ4v) is 4.01. The lowest BCUT2D eigenvalue weighted by Gasteiger charge is -2.11. The number of carboxylic acid groups (broad SMARTS) is 1. The van der Waals surface area contributed by atoms with Gasteiger partial charge in [0.15, 0.2) is 0 Å². The zero-order valence-electron chi connectivity index (χ0n) is 18.4. The summed E-state index contributed by atoms with van der Waals surface area (Å²) >= 11 is 0. The molecule has 0 radical (unpaired) electrons. The number of halogens is 2. The molecule has 5 nitrogen and oxygen atoms in total. The Bertz CT molecular complexity index is 1130. The van der Waals surface area contributed by atoms with Crippen molar-refractivity contribution < 1.29 is 18.7 Å². The molecule has 3 aromatic rings. The highest BCUT2D eigenvalue weighted by molar-refractivity contribution is 5.95. The Morgan fingerprint density at radius 2 is 1.69 bits per heavy atom. The summed E-state index contributed by atoms with van der Waals surface area (Å²) in [5.41, 5.74) is 2.16. The number of benzene rings is 2. The summed E-state index contributed by atoms with van der Waals surface area (Å²) in [7, 11) is 0. The van der Waals surface area contributed by atoms with Crippen molar-refractivity contribution >= 4 is 5.97 Å². The van der Waals surface area contributed by atoms with Crippen molar-refractivity contribution in [2.45, 2.75) is 59.0 Å². The van der Waals surface area contributed by atoms with Crippen LogP contribution in [0.25, 0.3) is 11.1 Å². The first kappa shape index (κ1) is 23.4. The Morgan fingerprint density at radius 1 is 1.00 bits per heavy atom. The summed E-state index contributed by atoms with van der Waals surface area (Å²) in [5.74, 6) is -1.01. The molecule has 0 spiro atoms. The van der Waals surface area contributed by atoms with Crippen LogP contribution < -0.4 is 5.69 Å². The van der Waals surface area contributed by atoms with Gasteiger partial charge < -0.3 is 5.11 Å². The minimum Gasteiger partial charge on any atom is -0.478 e. The van der Waals surface area contributed by atoms with Crippen LogP contribution in [0.15, 0.2) is 53.3 Å². The topological polar surface area (TPSA) is 64.2 Å². The Balaban J connectivity index is 1.99. The van der Waals surface area contributed by atoms with Crippen LogP contribution in [0.4, 0.5) is 8.78 Å². The molecule has 0 aliphatic rings. The fraction of sp³-hybridized carbons (Fsp3) is 0.360. The van der Waals surface area contributed by atoms with E-state index in [9.17, 15) is 23.5 Å². The molecule has 0 saturated heterocycles. The van der Waals surface area contributed by atoms with Gasteiger partial charge in [0.1, 0.15) is 5.69 Å². The predicted molar refractivity (Wildman–Crippen MR) is 120 cm³/mol. The largest absolute Gasteiger partial charge is 0.478 e. The normalized spacial score (nSPS) is 11.3. The highest BCUT2D eigenvalue weighted by Gasteiger charge is 2.25. The summed E-state index contributed by atoms with van der Waals surface area (Å²) in [6.45, 7) is 4.30. The fourth-order valence-electron chi connectivity index (χ4n) is 4.01. The van der Waals surface area contributed by atoms with Crippen LogP contribution in [0.3, 0.4) is 0 Å². The highest BCUT2D eigenvalue weighted by atomic mass is 19.3. The van der Waals surface area contributed by atoms with Gasteiger partial charge in [-0.05, 0) is 42.0 Å². The first-order valence-corrected chi connectivity index (χ1v) is 10.9. The second-order valence-corrected chi connectivity index (χ2v) is 7.80. The van der Waals surface area contributed by atoms with E-state index in [-0.39, 0.29) is 24.3 Å². The van der Waals surface area contributed by atoms with Crippen molar-refractivity contribution in [2.75, 3.05) is 0 Å². The minimum absolute atomic E-state index is 0.169. The average Bonchev–Trinajstić information content (AvgIpc) is 3.04. The molecule has 0 bridgehead atoms. The van der Waals surface area contributed by atoms with Crippen molar-refractivity contribution in [3.63, 3.8) is 0 Å². The molecule has 0 saturated carbocycles. The average molecular weight is 443 g/mol. The zero-order chi connectivity index (χ0) is 23.3. The second kappa shape index (κ2) is 10.4. The van der Waals surface area contributed by atoms with Gasteiger partial charge in [-0.2, -0.15) is 0 Å². The maximum absolute atomic E-state index is 13.9. The molecule has 2 aromatic carbocycles. The number of unbranched alkanes of at least 4 members (excludes halogenated alkanes) is 1. The summed E-state index contributed by atoms with van der Waals surface area (Å²) in [4.78, 5) is 24.5. The lowest BCUT2D eigenvalue weighted by atomic mass is 9.99. The van der Waals surface area contributed by atoms with Crippen LogP contribution in [-0.4, -0.2) is 20.2 Å². The molecule has 3 rings (SSSR count). The molecular weight excluding hydrogens is 414 g/mol. The molecule has 0 unspecified atom stereocenters. The third-order valence-electron chi connectivity index (χ3n) is 5.56. The van der Waals surface area contributed by atoms with E-state index in [2.05, 4.69) is 0 Å². The van der Waals surface area contributed by atoms with Gasteiger partial charge in [-0.1, -0.05) is 62.7 Å². The van der Waals surface area contributed by atoms with Gasteiger partial charge in [-0.3, -0.25) is 9.13 Å². The Kier molecular flexibility index (Phi) is 7.62. The molecule has 1 aromatic heterocycles. The number of nitrogens with zero attached hydrogens (tertiary/aromatic N) is 2. The van der Waals surface area contributed by atoms with Crippen LogP contribution in [0, 0.1) is 0 Å². The quantitative estimate of drug-likeness (QED) is 0.435. The van der Waals surface area contributed by atoms with Crippen molar-refractivity contribution in [3.05, 3.63) is 81.5 Å². The molecular formula is C25H28F2N2O3. The number of hydrogen-bond donors (Lipinski definition) is 1. The van der Waals surface area contributed by atoms with E-state index in [1.165, 1.54) is 9.13 Å². The number of hydrogen-bond acceptors (Lipinski definition) is 2. The van der Waals surface area contributed by atoms with Gasteiger partial charge in [-0.15, -0.1) is 0 Å². The molecule has 0 amide bonds. The molecule has 1 heterocycles. The molecule has 7 heteroatoms. The van der Waals surface area contributed by atoms with Gasteiger partial charge in [0.25, 0.3) is 6.43 Å². The Labute approximate surface area is 185 Å². The van der Waals surface area contributed by atoms with Crippen molar-refractivity contribution in [1.29, 1.82) is 0 Å². The summed E-state index contributed by atoms with van der Waals surface area (Å²) in [6, 6.07) is 14.0. The molecule has 0 aliphatic heterocycles. The predicted octanol–water partition coefficient (Wildman–Crippen LogP) is 5.75. The smallest absolute Gasteiger partial charge is 0.336 e. The lowest BCUT2D eigenvalue weighted by molar-refractivity contribution is 0.0697. The van der Waals surface area contributed by atoms with Crippen LogP contribution >= 0.6 is 0 Å². The van der Waals surface area contributed by atoms with Crippen molar-refractivity contribution in [1.82, 2.24) is 9.13 Å². The Hall–Kier alpha value is -3.22. The minimum atomic E-state index is -2.71. The maximum Gasteiger partial charge on any atom is 0.336 e. The number of rotatable bonds is 10. The van der Waals surface area contributed by atoms with Gasteiger partial charge in [0, 0.05) is 12.2 Å². The molecule has 32 heavy (non-hydrogen) atoms. The van der Waals surface area contributed by atoms with Gasteiger partial charge in [0.2, 0.25) is 0 Å². The number of carbonyl (C=O) groups is 1. The standard InChI is InChI=1S/C25H28F2N2O3/c1-3-5-10-21-22(23(26)27)28(15-4-2)25(32)29(21)16-17-11-13-18(14-12-17)19-8-6-7-9-20(19)24(30)31/h6-9,11-14,23H,3-5,10,15-16H2,1-2H3,(H,30,31). The first-order valence-electron chi connectivity index (χ1n) is 10.9. The SMILES string of the molecule is CCCCc1c(C(F)F)n(CCC)c(=O)n1Cc1ccc(-c2ccccc2C(=O)O)cc1. The van der Waals surface area contributed by atoms with E-state index in [4.69, 9.17) is 0 Å². The summed E-state index contributed by atoms with van der Waals surface area (Å²) in [6.07, 6.45) is -0.133. The number of imidazole rings is 1. The third-order valence-corrected chi connectivity index (χ3v) is 5.56. The van der Waals surface area contributed by atoms with E-state index in [1.54, 1.807) is 36.4 Å². The zero-order valence-corrected chi connectivity index (χ0v) is 18.4. The summed E-state index contributed by atoms with van der Waals surface area (Å²) in [5, 5.41) is 9.42. The Morgan fingerprint density at radius 3 is 2.28 bits per heavy atom. The van der Waals surface area contributed by atoms with Gasteiger partial charge in [-0.25, -0.2) is 18.4 Å². The molecule has 1 N–H and O–H groups in total. The molecule has 0 fully saturated rings. The van der Waals surface area contributed by atoms with Crippen molar-refractivity contribution in [3.8, 4) is 11.1 Å². The van der Waals surface area contributed by atoms with Crippen molar-refractivity contribution in [2.24, 2.45) is 0 Å². The van der Waals surface area contributed by atoms with E-state index in [1.807, 2.05) is 26.0 Å². The van der Waals surface area contributed by atoms with E-state index in [0.29, 0.717) is 24.1 Å². The van der Waals surface area contributed by atoms with Crippen LogP contribution in [-0.2, 0) is 19.5 Å². The number of aromatic nitrogens is 2. The monoisotopic (exact) mass is 442 g/mol. The van der Waals surface area contributed by atoms with Crippen LogP contribution in [0.5, 0.6) is 0 Å². The highest BCUT2D eigenvalue weighted by Crippen LogP contribution is 2.27. The van der Waals surface area contributed by atoms with Gasteiger partial charge >= 0.3 is 11.7 Å². The number of aromatic carboxylic acids is 1. The maximum atomic E-state index is 13.9. The number of alkyl halides is 2. The van der Waals surface area contributed by atoms with E-state index in [0.717, 1.165) is 24.0 Å². The van der Waals surface area contributed by atoms with Gasteiger partial charge in [0.05, 0.1) is 12.1 Å². The van der Waals surface area contributed by atoms with E-state index >= 15 is 0 Å². The van der Waals surface area contributed by atoms with Crippen LogP contribution in [0.1, 0.15) is 66.8 Å². The molecule has 0 aliphatic carbocycles. The van der Waals surface area contributed by atoms with Crippen LogP contribution in [0.2, 0.25) is 0 Å². The molecule has 170 valence electrons. The summed E-state index contributed by atoms with van der Waals surface area (Å²) < 4.78 is 30.5. The number of carboxylic acids is 1. The molecule has 0 atom stereocenters. The lowest BCUT2D eigenvalue weighted by Crippen LogP contribution is -2.26. The van der Waals surface area contributed by atoms with E-state index < -0.39 is 18.1 Å². The first-order chi connectivity index (χ1) is 15.4. The second-order valence-electron chi connectivity index (χ2n) is 7.80. The third kappa shape index (κ3) is 4.82.